The molecule has 0 bridgehead atoms. The number of nitrogens with zero attached hydrogens (tertiary/aromatic N) is 1. The molecule has 0 aliphatic carbocycles. The van der Waals surface area contributed by atoms with Gasteiger partial charge in [-0.25, -0.2) is 4.98 Å². The SMILES string of the molecule is CCNc1ccc(OCCOC)nc1. The molecule has 0 saturated carbocycles. The van der Waals surface area contributed by atoms with Crippen molar-refractivity contribution in [3.05, 3.63) is 18.3 Å². The van der Waals surface area contributed by atoms with E-state index in [-0.39, 0.29) is 0 Å². The van der Waals surface area contributed by atoms with Gasteiger partial charge in [-0.1, -0.05) is 0 Å². The molecule has 0 atom stereocenters. The lowest BCUT2D eigenvalue weighted by Gasteiger charge is -2.05. The van der Waals surface area contributed by atoms with Crippen LogP contribution in [-0.4, -0.2) is 31.9 Å². The van der Waals surface area contributed by atoms with Gasteiger partial charge in [-0.05, 0) is 13.0 Å². The third-order valence-corrected chi connectivity index (χ3v) is 1.65. The maximum absolute atomic E-state index is 5.32. The molecule has 0 radical (unpaired) electrons. The van der Waals surface area contributed by atoms with E-state index < -0.39 is 0 Å². The Kier molecular flexibility index (Phi) is 4.78. The summed E-state index contributed by atoms with van der Waals surface area (Å²) in [6.45, 7) is 4.05. The summed E-state index contributed by atoms with van der Waals surface area (Å²) in [7, 11) is 1.64. The second kappa shape index (κ2) is 6.21. The fraction of sp³-hybridized carbons (Fsp3) is 0.500. The van der Waals surface area contributed by atoms with Crippen molar-refractivity contribution in [2.24, 2.45) is 0 Å². The minimum atomic E-state index is 0.532. The monoisotopic (exact) mass is 196 g/mol. The Morgan fingerprint density at radius 2 is 2.21 bits per heavy atom. The van der Waals surface area contributed by atoms with Gasteiger partial charge >= 0.3 is 0 Å². The van der Waals surface area contributed by atoms with Crippen LogP contribution < -0.4 is 10.1 Å². The molecule has 1 aromatic rings. The Bertz CT molecular complexity index is 249. The number of anilines is 1. The van der Waals surface area contributed by atoms with Gasteiger partial charge in [0.2, 0.25) is 5.88 Å². The molecule has 14 heavy (non-hydrogen) atoms. The molecular formula is C10H16N2O2. The van der Waals surface area contributed by atoms with Crippen molar-refractivity contribution in [2.75, 3.05) is 32.2 Å². The van der Waals surface area contributed by atoms with Gasteiger partial charge < -0.3 is 14.8 Å². The zero-order valence-electron chi connectivity index (χ0n) is 8.62. The Labute approximate surface area is 84.3 Å². The van der Waals surface area contributed by atoms with Crippen LogP contribution in [0, 0.1) is 0 Å². The van der Waals surface area contributed by atoms with E-state index >= 15 is 0 Å². The molecule has 1 rings (SSSR count). The summed E-state index contributed by atoms with van der Waals surface area (Å²) in [5, 5.41) is 3.16. The number of hydrogen-bond donors (Lipinski definition) is 1. The predicted molar refractivity (Wildman–Crippen MR) is 55.8 cm³/mol. The first-order chi connectivity index (χ1) is 6.86. The molecular weight excluding hydrogens is 180 g/mol. The second-order valence-corrected chi connectivity index (χ2v) is 2.76. The van der Waals surface area contributed by atoms with Crippen molar-refractivity contribution in [1.82, 2.24) is 4.98 Å². The molecule has 0 aliphatic rings. The van der Waals surface area contributed by atoms with E-state index in [1.165, 1.54) is 0 Å². The van der Waals surface area contributed by atoms with Gasteiger partial charge in [-0.3, -0.25) is 0 Å². The van der Waals surface area contributed by atoms with Gasteiger partial charge in [0.15, 0.2) is 0 Å². The Hall–Kier alpha value is -1.29. The van der Waals surface area contributed by atoms with Gasteiger partial charge in [0, 0.05) is 19.7 Å². The molecule has 1 heterocycles. The first-order valence-electron chi connectivity index (χ1n) is 4.68. The quantitative estimate of drug-likeness (QED) is 0.701. The lowest BCUT2D eigenvalue weighted by atomic mass is 10.4. The molecule has 0 saturated heterocycles. The van der Waals surface area contributed by atoms with Gasteiger partial charge in [0.1, 0.15) is 6.61 Å². The Balaban J connectivity index is 2.38. The zero-order chi connectivity index (χ0) is 10.2. The minimum absolute atomic E-state index is 0.532. The number of methoxy groups -OCH3 is 1. The van der Waals surface area contributed by atoms with Gasteiger partial charge in [-0.2, -0.15) is 0 Å². The van der Waals surface area contributed by atoms with Crippen LogP contribution >= 0.6 is 0 Å². The van der Waals surface area contributed by atoms with Gasteiger partial charge in [-0.15, -0.1) is 0 Å². The van der Waals surface area contributed by atoms with Crippen LogP contribution in [0.1, 0.15) is 6.92 Å². The van der Waals surface area contributed by atoms with Crippen LogP contribution in [0.25, 0.3) is 0 Å². The lowest BCUT2D eigenvalue weighted by molar-refractivity contribution is 0.144. The van der Waals surface area contributed by atoms with Crippen LogP contribution in [0.4, 0.5) is 5.69 Å². The van der Waals surface area contributed by atoms with Crippen LogP contribution in [0.5, 0.6) is 5.88 Å². The summed E-state index contributed by atoms with van der Waals surface area (Å²) in [5.41, 5.74) is 1.01. The van der Waals surface area contributed by atoms with Crippen LogP contribution in [0.3, 0.4) is 0 Å². The molecule has 0 fully saturated rings. The first kappa shape index (κ1) is 10.8. The largest absolute Gasteiger partial charge is 0.475 e. The summed E-state index contributed by atoms with van der Waals surface area (Å²) in [6.07, 6.45) is 1.76. The highest BCUT2D eigenvalue weighted by molar-refractivity contribution is 5.41. The fourth-order valence-electron chi connectivity index (χ4n) is 1.00. The number of ether oxygens (including phenoxy) is 2. The van der Waals surface area contributed by atoms with Crippen molar-refractivity contribution >= 4 is 5.69 Å². The highest BCUT2D eigenvalue weighted by Crippen LogP contribution is 2.10. The summed E-state index contributed by atoms with van der Waals surface area (Å²) in [4.78, 5) is 4.13. The van der Waals surface area contributed by atoms with E-state index in [1.54, 1.807) is 13.3 Å². The molecule has 0 aliphatic heterocycles. The molecule has 0 unspecified atom stereocenters. The molecule has 1 aromatic heterocycles. The minimum Gasteiger partial charge on any atom is -0.475 e. The third-order valence-electron chi connectivity index (χ3n) is 1.65. The molecule has 78 valence electrons. The molecule has 4 nitrogen and oxygen atoms in total. The van der Waals surface area contributed by atoms with E-state index in [0.717, 1.165) is 12.2 Å². The molecule has 0 aromatic carbocycles. The first-order valence-corrected chi connectivity index (χ1v) is 4.68. The van der Waals surface area contributed by atoms with E-state index in [1.807, 2.05) is 19.1 Å². The van der Waals surface area contributed by atoms with Crippen molar-refractivity contribution in [1.29, 1.82) is 0 Å². The number of rotatable bonds is 6. The molecule has 0 amide bonds. The third kappa shape index (κ3) is 3.62. The van der Waals surface area contributed by atoms with Crippen molar-refractivity contribution < 1.29 is 9.47 Å². The topological polar surface area (TPSA) is 43.4 Å². The lowest BCUT2D eigenvalue weighted by Crippen LogP contribution is -2.05. The van der Waals surface area contributed by atoms with Gasteiger partial charge in [0.25, 0.3) is 0 Å². The van der Waals surface area contributed by atoms with Crippen molar-refractivity contribution in [3.8, 4) is 5.88 Å². The van der Waals surface area contributed by atoms with E-state index in [0.29, 0.717) is 19.1 Å². The maximum atomic E-state index is 5.32. The maximum Gasteiger partial charge on any atom is 0.213 e. The molecule has 4 heteroatoms. The average Bonchev–Trinajstić information content (AvgIpc) is 2.21. The van der Waals surface area contributed by atoms with Crippen molar-refractivity contribution in [3.63, 3.8) is 0 Å². The van der Waals surface area contributed by atoms with Crippen LogP contribution in [0.2, 0.25) is 0 Å². The van der Waals surface area contributed by atoms with Crippen LogP contribution in [0.15, 0.2) is 18.3 Å². The summed E-state index contributed by atoms with van der Waals surface area (Å²) >= 11 is 0. The van der Waals surface area contributed by atoms with Crippen LogP contribution in [-0.2, 0) is 4.74 Å². The summed E-state index contributed by atoms with van der Waals surface area (Å²) in [6, 6.07) is 3.78. The predicted octanol–water partition coefficient (Wildman–Crippen LogP) is 1.54. The molecule has 1 N–H and O–H groups in total. The summed E-state index contributed by atoms with van der Waals surface area (Å²) < 4.78 is 10.2. The number of aromatic nitrogens is 1. The fourth-order valence-corrected chi connectivity index (χ4v) is 1.00. The molecule has 0 spiro atoms. The zero-order valence-corrected chi connectivity index (χ0v) is 8.62. The smallest absolute Gasteiger partial charge is 0.213 e. The normalized spacial score (nSPS) is 9.86. The Morgan fingerprint density at radius 3 is 2.79 bits per heavy atom. The highest BCUT2D eigenvalue weighted by Gasteiger charge is 1.95. The van der Waals surface area contributed by atoms with E-state index in [4.69, 9.17) is 9.47 Å². The van der Waals surface area contributed by atoms with Crippen molar-refractivity contribution in [2.45, 2.75) is 6.92 Å². The summed E-state index contributed by atoms with van der Waals surface area (Å²) in [5.74, 6) is 0.628. The average molecular weight is 196 g/mol. The standard InChI is InChI=1S/C10H16N2O2/c1-3-11-9-4-5-10(12-8-9)14-7-6-13-2/h4-5,8,11H,3,6-7H2,1-2H3. The second-order valence-electron chi connectivity index (χ2n) is 2.76. The number of nitrogens with one attached hydrogen (secondary N) is 1. The van der Waals surface area contributed by atoms with E-state index in [2.05, 4.69) is 10.3 Å². The highest BCUT2D eigenvalue weighted by atomic mass is 16.5. The number of hydrogen-bond acceptors (Lipinski definition) is 4. The van der Waals surface area contributed by atoms with E-state index in [9.17, 15) is 0 Å². The Morgan fingerprint density at radius 1 is 1.36 bits per heavy atom. The van der Waals surface area contributed by atoms with Gasteiger partial charge in [0.05, 0.1) is 18.5 Å². The number of pyridine rings is 1.